The molecular weight excluding hydrogens is 136 g/mol. The second-order valence-electron chi connectivity index (χ2n) is 2.06. The van der Waals surface area contributed by atoms with Gasteiger partial charge in [-0.1, -0.05) is 0 Å². The number of primary amides is 1. The van der Waals surface area contributed by atoms with E-state index in [2.05, 4.69) is 4.74 Å². The molecule has 0 rings (SSSR count). The zero-order chi connectivity index (χ0) is 8.36. The largest absolute Gasteiger partial charge is 0.467 e. The highest BCUT2D eigenvalue weighted by Crippen LogP contribution is 1.98. The maximum atomic E-state index is 10.6. The summed E-state index contributed by atoms with van der Waals surface area (Å²) >= 11 is 0. The van der Waals surface area contributed by atoms with Crippen LogP contribution in [0.5, 0.6) is 0 Å². The molecule has 0 aliphatic carbocycles. The van der Waals surface area contributed by atoms with Crippen LogP contribution in [-0.4, -0.2) is 24.5 Å². The zero-order valence-electron chi connectivity index (χ0n) is 5.88. The average Bonchev–Trinajstić information content (AvgIpc) is 1.86. The van der Waals surface area contributed by atoms with E-state index in [0.717, 1.165) is 7.11 Å². The van der Waals surface area contributed by atoms with Gasteiger partial charge < -0.3 is 16.2 Å². The van der Waals surface area contributed by atoms with Gasteiger partial charge in [-0.15, -0.1) is 0 Å². The molecule has 0 saturated heterocycles. The third-order valence-corrected chi connectivity index (χ3v) is 1.12. The third kappa shape index (κ3) is 1.44. The Morgan fingerprint density at radius 3 is 2.00 bits per heavy atom. The highest BCUT2D eigenvalue weighted by Gasteiger charge is 2.35. The predicted molar refractivity (Wildman–Crippen MR) is 33.8 cm³/mol. The Hall–Kier alpha value is -1.10. The highest BCUT2D eigenvalue weighted by atomic mass is 16.5. The summed E-state index contributed by atoms with van der Waals surface area (Å²) in [4.78, 5) is 21.0. The first-order chi connectivity index (χ1) is 4.42. The molecule has 0 aliphatic rings. The Morgan fingerprint density at radius 2 is 1.90 bits per heavy atom. The fourth-order valence-electron chi connectivity index (χ4n) is 0.313. The quantitative estimate of drug-likeness (QED) is 0.361. The van der Waals surface area contributed by atoms with Crippen molar-refractivity contribution in [1.82, 2.24) is 0 Å². The molecule has 0 aromatic carbocycles. The van der Waals surface area contributed by atoms with E-state index < -0.39 is 17.4 Å². The standard InChI is InChI=1S/C5H10N2O3/c1-5(7,3(6)8)4(9)10-2/h7H2,1-2H3,(H2,6,8)/t5-/m1/s1. The predicted octanol–water partition coefficient (Wildman–Crippen LogP) is -1.64. The first-order valence-corrected chi connectivity index (χ1v) is 2.60. The van der Waals surface area contributed by atoms with E-state index in [1.54, 1.807) is 0 Å². The molecule has 0 radical (unpaired) electrons. The number of esters is 1. The lowest BCUT2D eigenvalue weighted by molar-refractivity contribution is -0.150. The summed E-state index contributed by atoms with van der Waals surface area (Å²) < 4.78 is 4.21. The normalized spacial score (nSPS) is 15.5. The first-order valence-electron chi connectivity index (χ1n) is 2.60. The molecule has 0 aromatic heterocycles. The van der Waals surface area contributed by atoms with Gasteiger partial charge in [0.05, 0.1) is 7.11 Å². The van der Waals surface area contributed by atoms with Gasteiger partial charge in [0, 0.05) is 0 Å². The lowest BCUT2D eigenvalue weighted by atomic mass is 10.0. The topological polar surface area (TPSA) is 95.4 Å². The van der Waals surface area contributed by atoms with Crippen molar-refractivity contribution >= 4 is 11.9 Å². The van der Waals surface area contributed by atoms with Gasteiger partial charge in [-0.05, 0) is 6.92 Å². The van der Waals surface area contributed by atoms with Crippen molar-refractivity contribution in [1.29, 1.82) is 0 Å². The van der Waals surface area contributed by atoms with Crippen molar-refractivity contribution in [2.24, 2.45) is 11.5 Å². The van der Waals surface area contributed by atoms with Gasteiger partial charge in [-0.25, -0.2) is 4.79 Å². The molecule has 0 spiro atoms. The van der Waals surface area contributed by atoms with Crippen molar-refractivity contribution in [3.63, 3.8) is 0 Å². The fourth-order valence-corrected chi connectivity index (χ4v) is 0.313. The van der Waals surface area contributed by atoms with Crippen LogP contribution in [0.3, 0.4) is 0 Å². The Kier molecular flexibility index (Phi) is 2.36. The summed E-state index contributed by atoms with van der Waals surface area (Å²) in [6.45, 7) is 1.20. The van der Waals surface area contributed by atoms with Gasteiger partial charge in [0.1, 0.15) is 0 Å². The number of hydrogen-bond acceptors (Lipinski definition) is 4. The van der Waals surface area contributed by atoms with E-state index in [-0.39, 0.29) is 0 Å². The number of rotatable bonds is 2. The van der Waals surface area contributed by atoms with Gasteiger partial charge in [0.2, 0.25) is 5.91 Å². The zero-order valence-corrected chi connectivity index (χ0v) is 5.88. The first kappa shape index (κ1) is 8.90. The molecule has 1 amide bonds. The van der Waals surface area contributed by atoms with Gasteiger partial charge >= 0.3 is 5.97 Å². The SMILES string of the molecule is COC(=O)[C@](C)(N)C(N)=O. The molecule has 0 unspecified atom stereocenters. The molecule has 4 N–H and O–H groups in total. The Balaban J connectivity index is 4.40. The van der Waals surface area contributed by atoms with Crippen molar-refractivity contribution in [3.8, 4) is 0 Å². The van der Waals surface area contributed by atoms with Crippen LogP contribution in [0.25, 0.3) is 0 Å². The number of methoxy groups -OCH3 is 1. The molecule has 58 valence electrons. The second kappa shape index (κ2) is 2.66. The maximum Gasteiger partial charge on any atom is 0.335 e. The van der Waals surface area contributed by atoms with Gasteiger partial charge in [-0.2, -0.15) is 0 Å². The Morgan fingerprint density at radius 1 is 1.50 bits per heavy atom. The minimum Gasteiger partial charge on any atom is -0.467 e. The summed E-state index contributed by atoms with van der Waals surface area (Å²) in [6, 6.07) is 0. The van der Waals surface area contributed by atoms with Crippen LogP contribution in [0.2, 0.25) is 0 Å². The number of amides is 1. The van der Waals surface area contributed by atoms with Crippen LogP contribution in [0, 0.1) is 0 Å². The maximum absolute atomic E-state index is 10.6. The van der Waals surface area contributed by atoms with E-state index in [4.69, 9.17) is 11.5 Å². The molecule has 0 saturated carbocycles. The van der Waals surface area contributed by atoms with Crippen molar-refractivity contribution in [2.45, 2.75) is 12.5 Å². The lowest BCUT2D eigenvalue weighted by Gasteiger charge is -2.15. The van der Waals surface area contributed by atoms with Crippen molar-refractivity contribution in [2.75, 3.05) is 7.11 Å². The van der Waals surface area contributed by atoms with E-state index >= 15 is 0 Å². The number of nitrogens with two attached hydrogens (primary N) is 2. The van der Waals surface area contributed by atoms with Crippen molar-refractivity contribution in [3.05, 3.63) is 0 Å². The molecule has 0 aliphatic heterocycles. The summed E-state index contributed by atoms with van der Waals surface area (Å²) in [5.74, 6) is -1.74. The lowest BCUT2D eigenvalue weighted by Crippen LogP contribution is -2.56. The van der Waals surface area contributed by atoms with Gasteiger partial charge in [-0.3, -0.25) is 4.79 Å². The molecule has 5 heteroatoms. The minimum absolute atomic E-state index is 0.833. The minimum atomic E-state index is -1.71. The molecular formula is C5H10N2O3. The molecule has 0 fully saturated rings. The monoisotopic (exact) mass is 146 g/mol. The van der Waals surface area contributed by atoms with E-state index in [0.29, 0.717) is 0 Å². The molecule has 10 heavy (non-hydrogen) atoms. The Labute approximate surface area is 58.3 Å². The highest BCUT2D eigenvalue weighted by molar-refractivity contribution is 6.05. The summed E-state index contributed by atoms with van der Waals surface area (Å²) in [6.07, 6.45) is 0. The van der Waals surface area contributed by atoms with E-state index in [1.165, 1.54) is 6.92 Å². The molecule has 0 heterocycles. The van der Waals surface area contributed by atoms with E-state index in [1.807, 2.05) is 0 Å². The smallest absolute Gasteiger partial charge is 0.335 e. The summed E-state index contributed by atoms with van der Waals surface area (Å²) in [7, 11) is 1.14. The van der Waals surface area contributed by atoms with Crippen LogP contribution in [-0.2, 0) is 14.3 Å². The van der Waals surface area contributed by atoms with Crippen LogP contribution in [0.1, 0.15) is 6.92 Å². The summed E-state index contributed by atoms with van der Waals surface area (Å²) in [5, 5.41) is 0. The molecule has 5 nitrogen and oxygen atoms in total. The number of carbonyl (C=O) groups excluding carboxylic acids is 2. The van der Waals surface area contributed by atoms with Crippen LogP contribution in [0.15, 0.2) is 0 Å². The molecule has 1 atom stereocenters. The van der Waals surface area contributed by atoms with Crippen LogP contribution >= 0.6 is 0 Å². The summed E-state index contributed by atoms with van der Waals surface area (Å²) in [5.41, 5.74) is 8.23. The van der Waals surface area contributed by atoms with Crippen molar-refractivity contribution < 1.29 is 14.3 Å². The second-order valence-corrected chi connectivity index (χ2v) is 2.06. The fraction of sp³-hybridized carbons (Fsp3) is 0.600. The van der Waals surface area contributed by atoms with Gasteiger partial charge in [0.25, 0.3) is 0 Å². The average molecular weight is 146 g/mol. The number of carbonyl (C=O) groups is 2. The Bertz CT molecular complexity index is 164. The third-order valence-electron chi connectivity index (χ3n) is 1.12. The molecule has 0 aromatic rings. The van der Waals surface area contributed by atoms with Crippen LogP contribution in [0.4, 0.5) is 0 Å². The molecule has 0 bridgehead atoms. The number of hydrogen-bond donors (Lipinski definition) is 2. The van der Waals surface area contributed by atoms with E-state index in [9.17, 15) is 9.59 Å². The number of ether oxygens (including phenoxy) is 1. The van der Waals surface area contributed by atoms with Crippen LogP contribution < -0.4 is 11.5 Å². The van der Waals surface area contributed by atoms with Gasteiger partial charge in [0.15, 0.2) is 5.54 Å².